The zero-order valence-corrected chi connectivity index (χ0v) is 6.05. The third-order valence-corrected chi connectivity index (χ3v) is 1.24. The molecule has 0 spiro atoms. The van der Waals surface area contributed by atoms with E-state index in [1.807, 2.05) is 6.92 Å². The standard InChI is InChI=1S/C7H14O2/c1-3-4-5-7(9)6(2)8/h6,8H,3-5H2,1-2H3. The van der Waals surface area contributed by atoms with Crippen LogP contribution < -0.4 is 0 Å². The van der Waals surface area contributed by atoms with Gasteiger partial charge in [0, 0.05) is 6.42 Å². The quantitative estimate of drug-likeness (QED) is 0.619. The van der Waals surface area contributed by atoms with Gasteiger partial charge < -0.3 is 5.11 Å². The molecule has 1 atom stereocenters. The second-order valence-corrected chi connectivity index (χ2v) is 2.25. The maximum Gasteiger partial charge on any atom is 0.160 e. The first-order valence-electron chi connectivity index (χ1n) is 3.39. The number of aliphatic hydroxyl groups is 1. The molecule has 54 valence electrons. The van der Waals surface area contributed by atoms with E-state index in [1.54, 1.807) is 0 Å². The minimum absolute atomic E-state index is 0.0446. The Kier molecular flexibility index (Phi) is 4.32. The van der Waals surface area contributed by atoms with Gasteiger partial charge in [0.2, 0.25) is 0 Å². The fraction of sp³-hybridized carbons (Fsp3) is 0.857. The summed E-state index contributed by atoms with van der Waals surface area (Å²) >= 11 is 0. The summed E-state index contributed by atoms with van der Waals surface area (Å²) in [7, 11) is 0. The first-order chi connectivity index (χ1) is 4.18. The molecule has 1 unspecified atom stereocenters. The van der Waals surface area contributed by atoms with Gasteiger partial charge in [-0.05, 0) is 13.3 Å². The van der Waals surface area contributed by atoms with Crippen molar-refractivity contribution in [2.75, 3.05) is 0 Å². The monoisotopic (exact) mass is 130 g/mol. The Labute approximate surface area is 55.9 Å². The summed E-state index contributed by atoms with van der Waals surface area (Å²) in [4.78, 5) is 10.7. The molecule has 0 aromatic carbocycles. The lowest BCUT2D eigenvalue weighted by molar-refractivity contribution is -0.126. The van der Waals surface area contributed by atoms with Crippen LogP contribution in [0.3, 0.4) is 0 Å². The van der Waals surface area contributed by atoms with Gasteiger partial charge in [-0.3, -0.25) is 4.79 Å². The fourth-order valence-corrected chi connectivity index (χ4v) is 0.560. The Bertz CT molecular complexity index is 86.9. The van der Waals surface area contributed by atoms with Crippen LogP contribution in [0.1, 0.15) is 33.1 Å². The van der Waals surface area contributed by atoms with Crippen LogP contribution in [-0.2, 0) is 4.79 Å². The van der Waals surface area contributed by atoms with Crippen LogP contribution in [0, 0.1) is 0 Å². The summed E-state index contributed by atoms with van der Waals surface area (Å²) in [6, 6.07) is 0. The van der Waals surface area contributed by atoms with Crippen molar-refractivity contribution < 1.29 is 9.90 Å². The van der Waals surface area contributed by atoms with Crippen molar-refractivity contribution in [3.8, 4) is 0 Å². The van der Waals surface area contributed by atoms with Gasteiger partial charge in [-0.2, -0.15) is 0 Å². The molecule has 1 N–H and O–H groups in total. The van der Waals surface area contributed by atoms with Gasteiger partial charge in [-0.1, -0.05) is 13.3 Å². The molecule has 0 bridgehead atoms. The van der Waals surface area contributed by atoms with Crippen molar-refractivity contribution in [2.24, 2.45) is 0 Å². The van der Waals surface area contributed by atoms with E-state index in [2.05, 4.69) is 0 Å². The highest BCUT2D eigenvalue weighted by molar-refractivity contribution is 5.82. The number of Topliss-reactive ketones (excluding diaryl/α,β-unsaturated/α-hetero) is 1. The second kappa shape index (κ2) is 4.50. The molecule has 0 heterocycles. The van der Waals surface area contributed by atoms with E-state index in [4.69, 9.17) is 5.11 Å². The van der Waals surface area contributed by atoms with Crippen molar-refractivity contribution >= 4 is 5.78 Å². The minimum atomic E-state index is -0.767. The molecule has 0 aromatic heterocycles. The van der Waals surface area contributed by atoms with Crippen LogP contribution in [0.25, 0.3) is 0 Å². The van der Waals surface area contributed by atoms with Gasteiger partial charge in [-0.25, -0.2) is 0 Å². The van der Waals surface area contributed by atoms with Crippen molar-refractivity contribution in [3.05, 3.63) is 0 Å². The third kappa shape index (κ3) is 4.15. The second-order valence-electron chi connectivity index (χ2n) is 2.25. The van der Waals surface area contributed by atoms with Gasteiger partial charge >= 0.3 is 0 Å². The summed E-state index contributed by atoms with van der Waals surface area (Å²) in [5, 5.41) is 8.70. The Hall–Kier alpha value is -0.370. The largest absolute Gasteiger partial charge is 0.386 e. The predicted octanol–water partition coefficient (Wildman–Crippen LogP) is 1.13. The van der Waals surface area contributed by atoms with E-state index < -0.39 is 6.10 Å². The van der Waals surface area contributed by atoms with Crippen molar-refractivity contribution in [1.82, 2.24) is 0 Å². The lowest BCUT2D eigenvalue weighted by Gasteiger charge is -1.99. The van der Waals surface area contributed by atoms with Crippen LogP contribution in [-0.4, -0.2) is 17.0 Å². The molecule has 0 saturated carbocycles. The van der Waals surface area contributed by atoms with E-state index in [1.165, 1.54) is 6.92 Å². The van der Waals surface area contributed by atoms with Crippen molar-refractivity contribution in [3.63, 3.8) is 0 Å². The lowest BCUT2D eigenvalue weighted by Crippen LogP contribution is -2.15. The van der Waals surface area contributed by atoms with Crippen LogP contribution in [0.2, 0.25) is 0 Å². The lowest BCUT2D eigenvalue weighted by atomic mass is 10.1. The maximum absolute atomic E-state index is 10.7. The molecule has 0 saturated heterocycles. The Balaban J connectivity index is 3.28. The number of hydrogen-bond acceptors (Lipinski definition) is 2. The highest BCUT2D eigenvalue weighted by atomic mass is 16.3. The molecule has 0 aliphatic heterocycles. The topological polar surface area (TPSA) is 37.3 Å². The van der Waals surface area contributed by atoms with Crippen LogP contribution in [0.15, 0.2) is 0 Å². The molecule has 0 fully saturated rings. The van der Waals surface area contributed by atoms with Crippen LogP contribution >= 0.6 is 0 Å². The molecular weight excluding hydrogens is 116 g/mol. The van der Waals surface area contributed by atoms with E-state index in [9.17, 15) is 4.79 Å². The number of hydrogen-bond donors (Lipinski definition) is 1. The van der Waals surface area contributed by atoms with Crippen LogP contribution in [0.5, 0.6) is 0 Å². The summed E-state index contributed by atoms with van der Waals surface area (Å²) in [5.41, 5.74) is 0. The first kappa shape index (κ1) is 8.63. The van der Waals surface area contributed by atoms with Gasteiger partial charge in [0.25, 0.3) is 0 Å². The highest BCUT2D eigenvalue weighted by Gasteiger charge is 2.06. The van der Waals surface area contributed by atoms with Gasteiger partial charge in [0.15, 0.2) is 5.78 Å². The smallest absolute Gasteiger partial charge is 0.160 e. The average Bonchev–Trinajstić information content (AvgIpc) is 1.82. The molecule has 9 heavy (non-hydrogen) atoms. The van der Waals surface area contributed by atoms with E-state index >= 15 is 0 Å². The number of carbonyl (C=O) groups is 1. The number of aliphatic hydroxyl groups excluding tert-OH is 1. The Morgan fingerprint density at radius 3 is 2.56 bits per heavy atom. The molecule has 0 aromatic rings. The molecule has 2 nitrogen and oxygen atoms in total. The summed E-state index contributed by atoms with van der Waals surface area (Å²) in [6.07, 6.45) is 1.66. The minimum Gasteiger partial charge on any atom is -0.386 e. The fourth-order valence-electron chi connectivity index (χ4n) is 0.560. The molecule has 0 amide bonds. The summed E-state index contributed by atoms with van der Waals surface area (Å²) in [5.74, 6) is -0.0446. The molecule has 0 rings (SSSR count). The highest BCUT2D eigenvalue weighted by Crippen LogP contribution is 1.97. The Morgan fingerprint density at radius 2 is 2.22 bits per heavy atom. The third-order valence-electron chi connectivity index (χ3n) is 1.24. The van der Waals surface area contributed by atoms with Crippen LogP contribution in [0.4, 0.5) is 0 Å². The van der Waals surface area contributed by atoms with Crippen molar-refractivity contribution in [1.29, 1.82) is 0 Å². The van der Waals surface area contributed by atoms with E-state index in [0.717, 1.165) is 12.8 Å². The molecular formula is C7H14O2. The average molecular weight is 130 g/mol. The first-order valence-corrected chi connectivity index (χ1v) is 3.39. The van der Waals surface area contributed by atoms with Gasteiger partial charge in [0.1, 0.15) is 6.10 Å². The summed E-state index contributed by atoms with van der Waals surface area (Å²) < 4.78 is 0. The number of carbonyl (C=O) groups excluding carboxylic acids is 1. The molecule has 0 aliphatic carbocycles. The van der Waals surface area contributed by atoms with E-state index in [-0.39, 0.29) is 5.78 Å². The normalized spacial score (nSPS) is 13.2. The molecule has 2 heteroatoms. The Morgan fingerprint density at radius 1 is 1.67 bits per heavy atom. The SMILES string of the molecule is CCCCC(=O)C(C)O. The number of rotatable bonds is 4. The zero-order valence-electron chi connectivity index (χ0n) is 6.05. The maximum atomic E-state index is 10.7. The zero-order chi connectivity index (χ0) is 7.28. The number of ketones is 1. The van der Waals surface area contributed by atoms with Gasteiger partial charge in [0.05, 0.1) is 0 Å². The van der Waals surface area contributed by atoms with Gasteiger partial charge in [-0.15, -0.1) is 0 Å². The van der Waals surface area contributed by atoms with E-state index in [0.29, 0.717) is 6.42 Å². The molecule has 0 radical (unpaired) electrons. The summed E-state index contributed by atoms with van der Waals surface area (Å²) in [6.45, 7) is 3.54. The number of unbranched alkanes of at least 4 members (excludes halogenated alkanes) is 1. The van der Waals surface area contributed by atoms with Crippen molar-refractivity contribution in [2.45, 2.75) is 39.2 Å². The predicted molar refractivity (Wildman–Crippen MR) is 36.2 cm³/mol. The molecule has 0 aliphatic rings.